The van der Waals surface area contributed by atoms with Gasteiger partial charge in [-0.25, -0.2) is 9.97 Å². The highest BCUT2D eigenvalue weighted by atomic mass is 15.0. The van der Waals surface area contributed by atoms with Gasteiger partial charge in [0.05, 0.1) is 0 Å². The second kappa shape index (κ2) is 5.19. The van der Waals surface area contributed by atoms with Gasteiger partial charge < -0.3 is 5.32 Å². The maximum Gasteiger partial charge on any atom is 0.180 e. The molecule has 4 nitrogen and oxygen atoms in total. The average molecular weight is 268 g/mol. The van der Waals surface area contributed by atoms with E-state index >= 15 is 0 Å². The van der Waals surface area contributed by atoms with Gasteiger partial charge in [0.15, 0.2) is 5.82 Å². The molecular weight excluding hydrogens is 248 g/mol. The van der Waals surface area contributed by atoms with Crippen molar-refractivity contribution in [1.82, 2.24) is 15.0 Å². The number of anilines is 1. The average Bonchev–Trinajstić information content (AvgIpc) is 3.23. The van der Waals surface area contributed by atoms with Crippen LogP contribution in [-0.2, 0) is 0 Å². The lowest BCUT2D eigenvalue weighted by Gasteiger charge is -2.10. The number of aromatic nitrogens is 3. The SMILES string of the molecule is CCNc1cc(C2CC2)nc(-c2ncc(C)cc2C)n1. The third kappa shape index (κ3) is 2.64. The van der Waals surface area contributed by atoms with Gasteiger partial charge in [0.25, 0.3) is 0 Å². The fourth-order valence-corrected chi connectivity index (χ4v) is 2.38. The van der Waals surface area contributed by atoms with Gasteiger partial charge in [-0.3, -0.25) is 4.98 Å². The van der Waals surface area contributed by atoms with Gasteiger partial charge >= 0.3 is 0 Å². The smallest absolute Gasteiger partial charge is 0.180 e. The highest BCUT2D eigenvalue weighted by Gasteiger charge is 2.26. The van der Waals surface area contributed by atoms with Crippen LogP contribution in [0.3, 0.4) is 0 Å². The van der Waals surface area contributed by atoms with E-state index in [9.17, 15) is 0 Å². The molecule has 0 radical (unpaired) electrons. The molecule has 2 aromatic heterocycles. The van der Waals surface area contributed by atoms with E-state index in [4.69, 9.17) is 4.98 Å². The molecule has 3 rings (SSSR count). The summed E-state index contributed by atoms with van der Waals surface area (Å²) in [7, 11) is 0. The minimum Gasteiger partial charge on any atom is -0.370 e. The predicted octanol–water partition coefficient (Wildman–Crippen LogP) is 3.46. The number of hydrogen-bond acceptors (Lipinski definition) is 4. The molecule has 1 aliphatic carbocycles. The Labute approximate surface area is 119 Å². The second-order valence-electron chi connectivity index (χ2n) is 5.48. The number of pyridine rings is 1. The van der Waals surface area contributed by atoms with Gasteiger partial charge in [0.2, 0.25) is 0 Å². The van der Waals surface area contributed by atoms with Crippen molar-refractivity contribution in [2.24, 2.45) is 0 Å². The quantitative estimate of drug-likeness (QED) is 0.922. The van der Waals surface area contributed by atoms with Gasteiger partial charge in [0.1, 0.15) is 11.5 Å². The van der Waals surface area contributed by atoms with Crippen LogP contribution in [0.5, 0.6) is 0 Å². The molecule has 1 fully saturated rings. The standard InChI is InChI=1S/C16H20N4/c1-4-17-14-8-13(12-5-6-12)19-16(20-14)15-11(3)7-10(2)9-18-15/h7-9,12H,4-6H2,1-3H3,(H,17,19,20). The van der Waals surface area contributed by atoms with Gasteiger partial charge in [-0.2, -0.15) is 0 Å². The summed E-state index contributed by atoms with van der Waals surface area (Å²) in [4.78, 5) is 13.9. The maximum atomic E-state index is 4.72. The summed E-state index contributed by atoms with van der Waals surface area (Å²) in [5.41, 5.74) is 4.32. The first-order chi connectivity index (χ1) is 9.67. The maximum absolute atomic E-state index is 4.72. The number of nitrogens with zero attached hydrogens (tertiary/aromatic N) is 3. The Bertz CT molecular complexity index is 632. The fourth-order valence-electron chi connectivity index (χ4n) is 2.38. The Morgan fingerprint density at radius 3 is 2.65 bits per heavy atom. The fraction of sp³-hybridized carbons (Fsp3) is 0.438. The Morgan fingerprint density at radius 1 is 1.20 bits per heavy atom. The summed E-state index contributed by atoms with van der Waals surface area (Å²) in [6, 6.07) is 4.20. The minimum absolute atomic E-state index is 0.611. The minimum atomic E-state index is 0.611. The molecule has 0 amide bonds. The van der Waals surface area contributed by atoms with Gasteiger partial charge in [0, 0.05) is 30.4 Å². The molecule has 0 unspecified atom stereocenters. The van der Waals surface area contributed by atoms with E-state index in [2.05, 4.69) is 48.2 Å². The lowest BCUT2D eigenvalue weighted by Crippen LogP contribution is -2.05. The molecule has 0 aliphatic heterocycles. The molecule has 4 heteroatoms. The van der Waals surface area contributed by atoms with Crippen LogP contribution in [0.4, 0.5) is 5.82 Å². The Hall–Kier alpha value is -1.97. The molecule has 2 aromatic rings. The van der Waals surface area contributed by atoms with Crippen LogP contribution in [0, 0.1) is 13.8 Å². The molecule has 2 heterocycles. The Kier molecular flexibility index (Phi) is 3.38. The topological polar surface area (TPSA) is 50.7 Å². The third-order valence-corrected chi connectivity index (χ3v) is 3.53. The van der Waals surface area contributed by atoms with E-state index in [-0.39, 0.29) is 0 Å². The van der Waals surface area contributed by atoms with Crippen molar-refractivity contribution in [2.75, 3.05) is 11.9 Å². The van der Waals surface area contributed by atoms with E-state index in [1.165, 1.54) is 12.8 Å². The van der Waals surface area contributed by atoms with Crippen LogP contribution < -0.4 is 5.32 Å². The molecule has 1 saturated carbocycles. The molecule has 1 N–H and O–H groups in total. The van der Waals surface area contributed by atoms with Crippen molar-refractivity contribution >= 4 is 5.82 Å². The van der Waals surface area contributed by atoms with Crippen molar-refractivity contribution < 1.29 is 0 Å². The Morgan fingerprint density at radius 2 is 2.00 bits per heavy atom. The first-order valence-corrected chi connectivity index (χ1v) is 7.24. The van der Waals surface area contributed by atoms with Crippen LogP contribution in [-0.4, -0.2) is 21.5 Å². The van der Waals surface area contributed by atoms with Crippen LogP contribution in [0.15, 0.2) is 18.3 Å². The first kappa shape index (κ1) is 13.0. The van der Waals surface area contributed by atoms with Gasteiger partial charge in [-0.15, -0.1) is 0 Å². The number of rotatable bonds is 4. The van der Waals surface area contributed by atoms with Crippen LogP contribution in [0.25, 0.3) is 11.5 Å². The van der Waals surface area contributed by atoms with Gasteiger partial charge in [-0.1, -0.05) is 6.07 Å². The zero-order valence-electron chi connectivity index (χ0n) is 12.3. The second-order valence-corrected chi connectivity index (χ2v) is 5.48. The summed E-state index contributed by atoms with van der Waals surface area (Å²) >= 11 is 0. The van der Waals surface area contributed by atoms with E-state index in [0.29, 0.717) is 5.92 Å². The zero-order valence-corrected chi connectivity index (χ0v) is 12.3. The van der Waals surface area contributed by atoms with Crippen molar-refractivity contribution in [1.29, 1.82) is 0 Å². The van der Waals surface area contributed by atoms with E-state index < -0.39 is 0 Å². The highest BCUT2D eigenvalue weighted by Crippen LogP contribution is 2.40. The number of nitrogens with one attached hydrogen (secondary N) is 1. The van der Waals surface area contributed by atoms with Crippen molar-refractivity contribution in [3.63, 3.8) is 0 Å². The molecule has 1 aliphatic rings. The molecule has 0 bridgehead atoms. The Balaban J connectivity index is 2.06. The molecule has 0 atom stereocenters. The molecule has 0 aromatic carbocycles. The van der Waals surface area contributed by atoms with E-state index in [1.807, 2.05) is 6.20 Å². The molecule has 104 valence electrons. The summed E-state index contributed by atoms with van der Waals surface area (Å²) < 4.78 is 0. The normalized spacial score (nSPS) is 14.3. The van der Waals surface area contributed by atoms with Crippen LogP contribution >= 0.6 is 0 Å². The summed E-state index contributed by atoms with van der Waals surface area (Å²) in [5, 5.41) is 3.29. The molecular formula is C16H20N4. The zero-order chi connectivity index (χ0) is 14.1. The highest BCUT2D eigenvalue weighted by molar-refractivity contribution is 5.58. The monoisotopic (exact) mass is 268 g/mol. The van der Waals surface area contributed by atoms with E-state index in [1.54, 1.807) is 0 Å². The lowest BCUT2D eigenvalue weighted by molar-refractivity contribution is 0.978. The predicted molar refractivity (Wildman–Crippen MR) is 80.9 cm³/mol. The summed E-state index contributed by atoms with van der Waals surface area (Å²) in [6.45, 7) is 7.06. The number of aryl methyl sites for hydroxylation is 2. The summed E-state index contributed by atoms with van der Waals surface area (Å²) in [5.74, 6) is 2.25. The third-order valence-electron chi connectivity index (χ3n) is 3.53. The lowest BCUT2D eigenvalue weighted by atomic mass is 10.1. The van der Waals surface area contributed by atoms with Crippen LogP contribution in [0.2, 0.25) is 0 Å². The summed E-state index contributed by atoms with van der Waals surface area (Å²) in [6.07, 6.45) is 4.35. The molecule has 0 spiro atoms. The molecule has 0 saturated heterocycles. The largest absolute Gasteiger partial charge is 0.370 e. The van der Waals surface area contributed by atoms with Crippen LogP contribution in [0.1, 0.15) is 42.5 Å². The van der Waals surface area contributed by atoms with Crippen molar-refractivity contribution in [2.45, 2.75) is 39.5 Å². The van der Waals surface area contributed by atoms with Gasteiger partial charge in [-0.05, 0) is 44.7 Å². The molecule has 20 heavy (non-hydrogen) atoms. The first-order valence-electron chi connectivity index (χ1n) is 7.24. The van der Waals surface area contributed by atoms with Crippen molar-refractivity contribution in [3.05, 3.63) is 35.2 Å². The van der Waals surface area contributed by atoms with E-state index in [0.717, 1.165) is 40.7 Å². The number of hydrogen-bond donors (Lipinski definition) is 1. The van der Waals surface area contributed by atoms with Crippen molar-refractivity contribution in [3.8, 4) is 11.5 Å².